The van der Waals surface area contributed by atoms with Crippen LogP contribution in [0.2, 0.25) is 0 Å². The number of nitrogens with two attached hydrogens (primary N) is 1. The highest BCUT2D eigenvalue weighted by molar-refractivity contribution is 5.43. The van der Waals surface area contributed by atoms with Crippen molar-refractivity contribution in [2.24, 2.45) is 5.73 Å². The molecular weight excluding hydrogens is 236 g/mol. The summed E-state index contributed by atoms with van der Waals surface area (Å²) in [5.74, 6) is 0.968. The lowest BCUT2D eigenvalue weighted by Crippen LogP contribution is -2.37. The summed E-state index contributed by atoms with van der Waals surface area (Å²) in [6.07, 6.45) is 3.95. The molecule has 2 rings (SSSR count). The Hall–Kier alpha value is -1.06. The Morgan fingerprint density at radius 3 is 2.42 bits per heavy atom. The smallest absolute Gasteiger partial charge is 0.122 e. The Balaban J connectivity index is 2.29. The lowest BCUT2D eigenvalue weighted by atomic mass is 9.95. The van der Waals surface area contributed by atoms with E-state index in [4.69, 9.17) is 10.5 Å². The van der Waals surface area contributed by atoms with Gasteiger partial charge in [0.15, 0.2) is 0 Å². The number of benzene rings is 1. The lowest BCUT2D eigenvalue weighted by molar-refractivity contribution is 0.167. The quantitative estimate of drug-likeness (QED) is 0.907. The lowest BCUT2D eigenvalue weighted by Gasteiger charge is -2.35. The summed E-state index contributed by atoms with van der Waals surface area (Å²) in [4.78, 5) is 2.54. The molecule has 1 fully saturated rings. The number of methoxy groups -OCH3 is 1. The normalized spacial score (nSPS) is 18.3. The fraction of sp³-hybridized carbons (Fsp3) is 0.625. The number of nitrogens with zero attached hydrogens (tertiary/aromatic N) is 1. The first-order chi connectivity index (χ1) is 9.17. The topological polar surface area (TPSA) is 38.5 Å². The highest BCUT2D eigenvalue weighted by Crippen LogP contribution is 2.30. The van der Waals surface area contributed by atoms with Crippen molar-refractivity contribution in [2.75, 3.05) is 26.7 Å². The molecule has 1 heterocycles. The van der Waals surface area contributed by atoms with Crippen molar-refractivity contribution in [3.63, 3.8) is 0 Å². The molecule has 3 nitrogen and oxygen atoms in total. The second-order valence-electron chi connectivity index (χ2n) is 5.53. The molecule has 19 heavy (non-hydrogen) atoms. The van der Waals surface area contributed by atoms with Gasteiger partial charge in [0, 0.05) is 12.6 Å². The molecule has 1 aromatic carbocycles. The predicted octanol–water partition coefficient (Wildman–Crippen LogP) is 2.80. The summed E-state index contributed by atoms with van der Waals surface area (Å²) >= 11 is 0. The van der Waals surface area contributed by atoms with Gasteiger partial charge >= 0.3 is 0 Å². The second-order valence-corrected chi connectivity index (χ2v) is 5.53. The molecule has 0 bridgehead atoms. The first-order valence-electron chi connectivity index (χ1n) is 7.26. The summed E-state index contributed by atoms with van der Waals surface area (Å²) in [5, 5.41) is 0. The van der Waals surface area contributed by atoms with Crippen LogP contribution < -0.4 is 10.5 Å². The van der Waals surface area contributed by atoms with Crippen LogP contribution in [0, 0.1) is 13.8 Å². The Morgan fingerprint density at radius 1 is 1.16 bits per heavy atom. The average molecular weight is 262 g/mol. The van der Waals surface area contributed by atoms with Crippen LogP contribution in [-0.2, 0) is 0 Å². The van der Waals surface area contributed by atoms with Gasteiger partial charge in [-0.25, -0.2) is 0 Å². The predicted molar refractivity (Wildman–Crippen MR) is 79.7 cm³/mol. The first kappa shape index (κ1) is 14.4. The number of hydrogen-bond acceptors (Lipinski definition) is 3. The van der Waals surface area contributed by atoms with Crippen LogP contribution in [0.4, 0.5) is 0 Å². The molecule has 0 saturated carbocycles. The maximum absolute atomic E-state index is 6.05. The van der Waals surface area contributed by atoms with E-state index in [9.17, 15) is 0 Å². The highest BCUT2D eigenvalue weighted by Gasteiger charge is 2.23. The molecule has 0 aromatic heterocycles. The van der Waals surface area contributed by atoms with Gasteiger partial charge in [0.25, 0.3) is 0 Å². The summed E-state index contributed by atoms with van der Waals surface area (Å²) in [6.45, 7) is 7.29. The van der Waals surface area contributed by atoms with Crippen molar-refractivity contribution in [1.82, 2.24) is 4.90 Å². The number of likely N-dealkylation sites (tertiary alicyclic amines) is 1. The summed E-state index contributed by atoms with van der Waals surface area (Å²) in [5.41, 5.74) is 9.89. The molecule has 2 N–H and O–H groups in total. The zero-order valence-electron chi connectivity index (χ0n) is 12.4. The molecule has 1 aliphatic rings. The van der Waals surface area contributed by atoms with E-state index in [0.29, 0.717) is 12.6 Å². The van der Waals surface area contributed by atoms with Crippen molar-refractivity contribution in [3.8, 4) is 5.75 Å². The Kier molecular flexibility index (Phi) is 4.83. The minimum Gasteiger partial charge on any atom is -0.496 e. The average Bonchev–Trinajstić information content (AvgIpc) is 2.44. The van der Waals surface area contributed by atoms with E-state index in [1.54, 1.807) is 7.11 Å². The van der Waals surface area contributed by atoms with Crippen LogP contribution in [0.25, 0.3) is 0 Å². The van der Waals surface area contributed by atoms with E-state index >= 15 is 0 Å². The minimum absolute atomic E-state index is 0.352. The fourth-order valence-electron chi connectivity index (χ4n) is 3.09. The molecule has 1 atom stereocenters. The van der Waals surface area contributed by atoms with E-state index in [2.05, 4.69) is 30.9 Å². The molecule has 1 saturated heterocycles. The standard InChI is InChI=1S/C16H26N2O/c1-12-10-16(19-3)13(2)9-14(12)15(11-17)18-7-5-4-6-8-18/h9-10,15H,4-8,11,17H2,1-3H3. The number of piperidine rings is 1. The zero-order valence-corrected chi connectivity index (χ0v) is 12.4. The number of ether oxygens (including phenoxy) is 1. The van der Waals surface area contributed by atoms with Crippen molar-refractivity contribution in [3.05, 3.63) is 28.8 Å². The van der Waals surface area contributed by atoms with Gasteiger partial charge in [0.05, 0.1) is 7.11 Å². The second kappa shape index (κ2) is 6.40. The SMILES string of the molecule is COc1cc(C)c(C(CN)N2CCCCC2)cc1C. The number of hydrogen-bond donors (Lipinski definition) is 1. The van der Waals surface area contributed by atoms with Crippen LogP contribution >= 0.6 is 0 Å². The van der Waals surface area contributed by atoms with E-state index in [-0.39, 0.29) is 0 Å². The summed E-state index contributed by atoms with van der Waals surface area (Å²) in [6, 6.07) is 4.74. The van der Waals surface area contributed by atoms with Crippen molar-refractivity contribution >= 4 is 0 Å². The van der Waals surface area contributed by atoms with Gasteiger partial charge in [-0.3, -0.25) is 4.90 Å². The maximum Gasteiger partial charge on any atom is 0.122 e. The Bertz CT molecular complexity index is 425. The molecule has 0 spiro atoms. The van der Waals surface area contributed by atoms with Crippen molar-refractivity contribution < 1.29 is 4.74 Å². The number of rotatable bonds is 4. The molecule has 1 aromatic rings. The van der Waals surface area contributed by atoms with Crippen LogP contribution in [0.15, 0.2) is 12.1 Å². The van der Waals surface area contributed by atoms with Gasteiger partial charge in [0.1, 0.15) is 5.75 Å². The van der Waals surface area contributed by atoms with Crippen LogP contribution in [0.3, 0.4) is 0 Å². The van der Waals surface area contributed by atoms with E-state index < -0.39 is 0 Å². The highest BCUT2D eigenvalue weighted by atomic mass is 16.5. The van der Waals surface area contributed by atoms with Crippen LogP contribution in [0.5, 0.6) is 5.75 Å². The van der Waals surface area contributed by atoms with Gasteiger partial charge in [-0.2, -0.15) is 0 Å². The minimum atomic E-state index is 0.352. The van der Waals surface area contributed by atoms with Gasteiger partial charge < -0.3 is 10.5 Å². The Labute approximate surface area is 116 Å². The third-order valence-corrected chi connectivity index (χ3v) is 4.20. The maximum atomic E-state index is 6.05. The number of aryl methyl sites for hydroxylation is 2. The van der Waals surface area contributed by atoms with E-state index in [0.717, 1.165) is 5.75 Å². The monoisotopic (exact) mass is 262 g/mol. The molecule has 0 amide bonds. The van der Waals surface area contributed by atoms with Crippen molar-refractivity contribution in [1.29, 1.82) is 0 Å². The van der Waals surface area contributed by atoms with Crippen LogP contribution in [0.1, 0.15) is 42.0 Å². The molecule has 106 valence electrons. The molecule has 0 radical (unpaired) electrons. The largest absolute Gasteiger partial charge is 0.496 e. The van der Waals surface area contributed by atoms with Gasteiger partial charge in [-0.1, -0.05) is 12.5 Å². The Morgan fingerprint density at radius 2 is 1.84 bits per heavy atom. The summed E-state index contributed by atoms with van der Waals surface area (Å²) < 4.78 is 5.39. The first-order valence-corrected chi connectivity index (χ1v) is 7.26. The fourth-order valence-corrected chi connectivity index (χ4v) is 3.09. The molecule has 3 heteroatoms. The van der Waals surface area contributed by atoms with E-state index in [1.807, 2.05) is 0 Å². The molecule has 1 aliphatic heterocycles. The van der Waals surface area contributed by atoms with Gasteiger partial charge in [-0.15, -0.1) is 0 Å². The zero-order chi connectivity index (χ0) is 13.8. The summed E-state index contributed by atoms with van der Waals surface area (Å²) in [7, 11) is 1.73. The molecule has 0 aliphatic carbocycles. The third-order valence-electron chi connectivity index (χ3n) is 4.20. The van der Waals surface area contributed by atoms with Crippen molar-refractivity contribution in [2.45, 2.75) is 39.2 Å². The third kappa shape index (κ3) is 3.10. The van der Waals surface area contributed by atoms with Crippen LogP contribution in [-0.4, -0.2) is 31.6 Å². The van der Waals surface area contributed by atoms with Gasteiger partial charge in [0.2, 0.25) is 0 Å². The molecule has 1 unspecified atom stereocenters. The molecular formula is C16H26N2O. The van der Waals surface area contributed by atoms with E-state index in [1.165, 1.54) is 49.0 Å². The van der Waals surface area contributed by atoms with Gasteiger partial charge in [-0.05, 0) is 62.5 Å².